The average Bonchev–Trinajstić information content (AvgIpc) is 2.54. The monoisotopic (exact) mass is 432 g/mol. The molecule has 2 fully saturated rings. The van der Waals surface area contributed by atoms with E-state index in [0.717, 1.165) is 25.7 Å². The SMILES string of the molecule is CN(c1nc(N)nc(N(C)C2CC(C)(C)NC(C)(C)C2)n1)C1CC(C)(C)NC(C)(C)C1. The fraction of sp³-hybridized carbons (Fsp3) is 0.870. The molecule has 2 aliphatic heterocycles. The van der Waals surface area contributed by atoms with Crippen molar-refractivity contribution in [3.05, 3.63) is 0 Å². The van der Waals surface area contributed by atoms with Gasteiger partial charge < -0.3 is 26.2 Å². The Kier molecular flexibility index (Phi) is 5.98. The summed E-state index contributed by atoms with van der Waals surface area (Å²) in [5, 5.41) is 7.50. The van der Waals surface area contributed by atoms with Crippen LogP contribution in [0.25, 0.3) is 0 Å². The van der Waals surface area contributed by atoms with Crippen LogP contribution in [0, 0.1) is 0 Å². The van der Waals surface area contributed by atoms with Crippen LogP contribution in [0.15, 0.2) is 0 Å². The lowest BCUT2D eigenvalue weighted by Crippen LogP contribution is -2.62. The normalized spacial score (nSPS) is 25.2. The van der Waals surface area contributed by atoms with Crippen LogP contribution in [0.5, 0.6) is 0 Å². The van der Waals surface area contributed by atoms with Crippen molar-refractivity contribution in [1.82, 2.24) is 25.6 Å². The van der Waals surface area contributed by atoms with Crippen molar-refractivity contribution in [3.8, 4) is 0 Å². The number of nitrogens with two attached hydrogens (primary N) is 1. The second-order valence-electron chi connectivity index (χ2n) is 12.4. The molecule has 0 aromatic carbocycles. The van der Waals surface area contributed by atoms with Gasteiger partial charge in [-0.25, -0.2) is 0 Å². The van der Waals surface area contributed by atoms with Crippen molar-refractivity contribution >= 4 is 17.8 Å². The van der Waals surface area contributed by atoms with E-state index in [1.54, 1.807) is 0 Å². The largest absolute Gasteiger partial charge is 0.368 e. The van der Waals surface area contributed by atoms with Crippen LogP contribution >= 0.6 is 0 Å². The molecule has 8 heteroatoms. The van der Waals surface area contributed by atoms with Gasteiger partial charge in [-0.15, -0.1) is 0 Å². The molecule has 1 aromatic heterocycles. The minimum Gasteiger partial charge on any atom is -0.368 e. The summed E-state index contributed by atoms with van der Waals surface area (Å²) in [7, 11) is 4.16. The molecule has 0 radical (unpaired) electrons. The number of nitrogen functional groups attached to an aromatic ring is 1. The lowest BCUT2D eigenvalue weighted by molar-refractivity contribution is 0.160. The predicted octanol–water partition coefficient (Wildman–Crippen LogP) is 2.94. The third-order valence-electron chi connectivity index (χ3n) is 6.69. The van der Waals surface area contributed by atoms with Crippen molar-refractivity contribution in [2.75, 3.05) is 29.6 Å². The van der Waals surface area contributed by atoms with E-state index in [2.05, 4.69) is 99.9 Å². The Morgan fingerprint density at radius 1 is 0.645 bits per heavy atom. The van der Waals surface area contributed by atoms with E-state index in [-0.39, 0.29) is 28.1 Å². The van der Waals surface area contributed by atoms with Crippen molar-refractivity contribution < 1.29 is 0 Å². The Labute approximate surface area is 188 Å². The molecule has 2 aliphatic rings. The minimum atomic E-state index is 0.0468. The highest BCUT2D eigenvalue weighted by Gasteiger charge is 2.41. The molecule has 0 spiro atoms. The molecule has 0 atom stereocenters. The first-order valence-electron chi connectivity index (χ1n) is 11.5. The highest BCUT2D eigenvalue weighted by molar-refractivity contribution is 5.44. The van der Waals surface area contributed by atoms with Crippen molar-refractivity contribution in [2.24, 2.45) is 0 Å². The van der Waals surface area contributed by atoms with Gasteiger partial charge in [0, 0.05) is 48.3 Å². The van der Waals surface area contributed by atoms with Crippen molar-refractivity contribution in [2.45, 2.75) is 115 Å². The Morgan fingerprint density at radius 2 is 0.935 bits per heavy atom. The van der Waals surface area contributed by atoms with Gasteiger partial charge >= 0.3 is 0 Å². The molecule has 4 N–H and O–H groups in total. The van der Waals surface area contributed by atoms with E-state index >= 15 is 0 Å². The molecule has 0 unspecified atom stereocenters. The van der Waals surface area contributed by atoms with Gasteiger partial charge in [0.25, 0.3) is 0 Å². The molecular formula is C23H44N8. The number of rotatable bonds is 4. The summed E-state index contributed by atoms with van der Waals surface area (Å²) >= 11 is 0. The summed E-state index contributed by atoms with van der Waals surface area (Å²) in [6, 6.07) is 0.644. The molecule has 0 aliphatic carbocycles. The zero-order valence-corrected chi connectivity index (χ0v) is 21.3. The topological polar surface area (TPSA) is 95.2 Å². The molecule has 1 aromatic rings. The molecule has 0 bridgehead atoms. The molecule has 176 valence electrons. The maximum Gasteiger partial charge on any atom is 0.231 e. The lowest BCUT2D eigenvalue weighted by atomic mass is 9.79. The van der Waals surface area contributed by atoms with Gasteiger partial charge in [0.05, 0.1) is 0 Å². The molecule has 31 heavy (non-hydrogen) atoms. The van der Waals surface area contributed by atoms with Crippen LogP contribution in [-0.2, 0) is 0 Å². The smallest absolute Gasteiger partial charge is 0.231 e. The van der Waals surface area contributed by atoms with Gasteiger partial charge in [-0.05, 0) is 81.1 Å². The van der Waals surface area contributed by atoms with Crippen LogP contribution in [-0.4, -0.2) is 63.3 Å². The van der Waals surface area contributed by atoms with Gasteiger partial charge in [0.15, 0.2) is 0 Å². The second kappa shape index (κ2) is 7.73. The molecule has 3 heterocycles. The molecule has 8 nitrogen and oxygen atoms in total. The van der Waals surface area contributed by atoms with Crippen LogP contribution in [0.4, 0.5) is 17.8 Å². The summed E-state index contributed by atoms with van der Waals surface area (Å²) in [6.07, 6.45) is 4.06. The van der Waals surface area contributed by atoms with E-state index in [0.29, 0.717) is 24.0 Å². The molecule has 2 saturated heterocycles. The Morgan fingerprint density at radius 3 is 1.23 bits per heavy atom. The van der Waals surface area contributed by atoms with E-state index in [4.69, 9.17) is 10.7 Å². The van der Waals surface area contributed by atoms with E-state index in [1.165, 1.54) is 0 Å². The maximum atomic E-state index is 6.17. The van der Waals surface area contributed by atoms with E-state index in [9.17, 15) is 0 Å². The van der Waals surface area contributed by atoms with Gasteiger partial charge in [0.2, 0.25) is 17.8 Å². The maximum absolute atomic E-state index is 6.17. The fourth-order valence-corrected chi connectivity index (χ4v) is 6.10. The number of hydrogen-bond donors (Lipinski definition) is 3. The van der Waals surface area contributed by atoms with Crippen molar-refractivity contribution in [3.63, 3.8) is 0 Å². The number of nitrogens with zero attached hydrogens (tertiary/aromatic N) is 5. The lowest BCUT2D eigenvalue weighted by Gasteiger charge is -2.49. The first-order chi connectivity index (χ1) is 14.0. The first kappa shape index (κ1) is 24.0. The fourth-order valence-electron chi connectivity index (χ4n) is 6.10. The number of piperidine rings is 2. The Balaban J connectivity index is 1.86. The molecular weight excluding hydrogens is 388 g/mol. The Bertz CT molecular complexity index is 707. The quantitative estimate of drug-likeness (QED) is 0.668. The predicted molar refractivity (Wildman–Crippen MR) is 130 cm³/mol. The van der Waals surface area contributed by atoms with Crippen molar-refractivity contribution in [1.29, 1.82) is 0 Å². The molecule has 3 rings (SSSR count). The zero-order valence-electron chi connectivity index (χ0n) is 21.3. The van der Waals surface area contributed by atoms with Crippen LogP contribution < -0.4 is 26.2 Å². The molecule has 0 saturated carbocycles. The summed E-state index contributed by atoms with van der Waals surface area (Å²) in [5.41, 5.74) is 6.35. The van der Waals surface area contributed by atoms with E-state index < -0.39 is 0 Å². The van der Waals surface area contributed by atoms with Crippen LogP contribution in [0.2, 0.25) is 0 Å². The summed E-state index contributed by atoms with van der Waals surface area (Å²) in [6.45, 7) is 18.1. The van der Waals surface area contributed by atoms with Gasteiger partial charge in [0.1, 0.15) is 0 Å². The van der Waals surface area contributed by atoms with Crippen LogP contribution in [0.3, 0.4) is 0 Å². The van der Waals surface area contributed by atoms with Gasteiger partial charge in [-0.3, -0.25) is 0 Å². The standard InChI is InChI=1S/C23H44N8/c1-20(2)11-15(12-21(3,4)28-20)30(9)18-25-17(24)26-19(27-18)31(10)16-13-22(5,6)29-23(7,8)14-16/h15-16,28-29H,11-14H2,1-10H3,(H2,24,25,26,27). The van der Waals surface area contributed by atoms with Gasteiger partial charge in [-0.2, -0.15) is 15.0 Å². The summed E-state index contributed by atoms with van der Waals surface area (Å²) in [4.78, 5) is 18.3. The highest BCUT2D eigenvalue weighted by Crippen LogP contribution is 2.34. The van der Waals surface area contributed by atoms with Crippen LogP contribution in [0.1, 0.15) is 81.1 Å². The highest BCUT2D eigenvalue weighted by atomic mass is 15.4. The number of anilines is 3. The second-order valence-corrected chi connectivity index (χ2v) is 12.4. The summed E-state index contributed by atoms with van der Waals surface area (Å²) < 4.78 is 0. The third-order valence-corrected chi connectivity index (χ3v) is 6.69. The van der Waals surface area contributed by atoms with E-state index in [1.807, 2.05) is 0 Å². The Hall–Kier alpha value is -1.67. The molecule has 0 amide bonds. The first-order valence-corrected chi connectivity index (χ1v) is 11.5. The summed E-state index contributed by atoms with van der Waals surface area (Å²) in [5.74, 6) is 1.58. The number of aromatic nitrogens is 3. The van der Waals surface area contributed by atoms with Gasteiger partial charge in [-0.1, -0.05) is 0 Å². The third kappa shape index (κ3) is 5.77. The zero-order chi connectivity index (χ0) is 23.4. The number of hydrogen-bond acceptors (Lipinski definition) is 8. The minimum absolute atomic E-state index is 0.0468. The average molecular weight is 433 g/mol. The number of nitrogens with one attached hydrogen (secondary N) is 2.